The summed E-state index contributed by atoms with van der Waals surface area (Å²) in [6.07, 6.45) is 0. The lowest BCUT2D eigenvalue weighted by Gasteiger charge is -2.08. The molecule has 2 rings (SSSR count). The van der Waals surface area contributed by atoms with Crippen molar-refractivity contribution in [2.75, 3.05) is 12.5 Å². The molecule has 2 aromatic rings. The van der Waals surface area contributed by atoms with Gasteiger partial charge in [-0.3, -0.25) is 4.79 Å². The molecule has 4 nitrogen and oxygen atoms in total. The van der Waals surface area contributed by atoms with Gasteiger partial charge in [0.2, 0.25) is 0 Å². The van der Waals surface area contributed by atoms with Crippen LogP contribution < -0.4 is 11.0 Å². The van der Waals surface area contributed by atoms with E-state index in [2.05, 4.69) is 10.4 Å². The average molecular weight is 190 g/mol. The van der Waals surface area contributed by atoms with Crippen LogP contribution in [0.25, 0.3) is 10.9 Å². The molecule has 1 N–H and O–H groups in total. The van der Waals surface area contributed by atoms with Crippen molar-refractivity contribution in [1.82, 2.24) is 9.66 Å². The summed E-state index contributed by atoms with van der Waals surface area (Å²) in [5.74, 6) is 0.418. The van der Waals surface area contributed by atoms with Gasteiger partial charge in [0.1, 0.15) is 5.82 Å². The third kappa shape index (κ3) is 1.16. The molecule has 0 unspecified atom stereocenters. The molecule has 0 atom stereocenters. The van der Waals surface area contributed by atoms with E-state index >= 15 is 0 Å². The van der Waals surface area contributed by atoms with Gasteiger partial charge in [0.05, 0.1) is 10.9 Å². The zero-order chi connectivity index (χ0) is 10.8. The molecule has 0 fully saturated rings. The van der Waals surface area contributed by atoms with Gasteiger partial charge in [0, 0.05) is 8.42 Å². The first-order valence-electron chi connectivity index (χ1n) is 4.96. The summed E-state index contributed by atoms with van der Waals surface area (Å²) in [7, 11) is 1.64. The number of rotatable bonds is 1. The average Bonchev–Trinajstić information content (AvgIpc) is 2.29. The van der Waals surface area contributed by atoms with Gasteiger partial charge in [-0.1, -0.05) is 12.1 Å². The molecule has 0 saturated carbocycles. The molecular weight excluding hydrogens is 178 g/mol. The first-order valence-corrected chi connectivity index (χ1v) is 4.25. The second-order valence-electron chi connectivity index (χ2n) is 2.91. The SMILES string of the molecule is [2H]Cc1nc2ccccc2c(=O)n1NC. The second-order valence-corrected chi connectivity index (χ2v) is 2.91. The van der Waals surface area contributed by atoms with Gasteiger partial charge < -0.3 is 5.43 Å². The third-order valence-electron chi connectivity index (χ3n) is 2.07. The van der Waals surface area contributed by atoms with E-state index in [1.807, 2.05) is 6.07 Å². The highest BCUT2D eigenvalue weighted by atomic mass is 16.1. The Morgan fingerprint density at radius 1 is 1.50 bits per heavy atom. The minimum atomic E-state index is -0.162. The fraction of sp³-hybridized carbons (Fsp3) is 0.200. The van der Waals surface area contributed by atoms with E-state index in [9.17, 15) is 4.79 Å². The van der Waals surface area contributed by atoms with Gasteiger partial charge in [-0.05, 0) is 19.0 Å². The standard InChI is InChI=1S/C10H11N3O/c1-7-12-9-6-4-3-5-8(9)10(14)13(7)11-2/h3-6,11H,1-2H3/i1D. The number of nitrogens with zero attached hydrogens (tertiary/aromatic N) is 2. The van der Waals surface area contributed by atoms with Crippen LogP contribution >= 0.6 is 0 Å². The number of benzene rings is 1. The maximum Gasteiger partial charge on any atom is 0.279 e. The van der Waals surface area contributed by atoms with E-state index in [1.165, 1.54) is 4.68 Å². The molecule has 0 aliphatic heterocycles. The van der Waals surface area contributed by atoms with E-state index < -0.39 is 0 Å². The highest BCUT2D eigenvalue weighted by Crippen LogP contribution is 2.05. The van der Waals surface area contributed by atoms with Crippen molar-refractivity contribution in [3.05, 3.63) is 40.4 Å². The van der Waals surface area contributed by atoms with Gasteiger partial charge in [0.25, 0.3) is 5.56 Å². The van der Waals surface area contributed by atoms with Crippen LogP contribution in [-0.2, 0) is 0 Å². The highest BCUT2D eigenvalue weighted by Gasteiger charge is 2.04. The topological polar surface area (TPSA) is 46.9 Å². The van der Waals surface area contributed by atoms with Crippen molar-refractivity contribution in [3.63, 3.8) is 0 Å². The van der Waals surface area contributed by atoms with Crippen LogP contribution in [0.4, 0.5) is 0 Å². The minimum absolute atomic E-state index is 0.0269. The van der Waals surface area contributed by atoms with E-state index in [-0.39, 0.29) is 12.5 Å². The zero-order valence-electron chi connectivity index (χ0n) is 8.82. The number of aryl methyl sites for hydroxylation is 1. The molecule has 0 aliphatic carbocycles. The highest BCUT2D eigenvalue weighted by molar-refractivity contribution is 5.77. The Labute approximate surface area is 82.6 Å². The third-order valence-corrected chi connectivity index (χ3v) is 2.07. The van der Waals surface area contributed by atoms with Gasteiger partial charge in [-0.2, -0.15) is 0 Å². The number of aromatic nitrogens is 2. The predicted octanol–water partition coefficient (Wildman–Crippen LogP) is 0.878. The Morgan fingerprint density at radius 3 is 3.00 bits per heavy atom. The summed E-state index contributed by atoms with van der Waals surface area (Å²) in [6, 6.07) is 7.13. The first kappa shape index (κ1) is 7.55. The largest absolute Gasteiger partial charge is 0.325 e. The molecule has 1 heterocycles. The van der Waals surface area contributed by atoms with Crippen LogP contribution in [0.15, 0.2) is 29.1 Å². The summed E-state index contributed by atoms with van der Waals surface area (Å²) >= 11 is 0. The fourth-order valence-corrected chi connectivity index (χ4v) is 1.41. The van der Waals surface area contributed by atoms with E-state index in [0.29, 0.717) is 16.7 Å². The molecule has 1 aromatic heterocycles. The summed E-state index contributed by atoms with van der Waals surface area (Å²) < 4.78 is 8.60. The number of fused-ring (bicyclic) bond motifs is 1. The monoisotopic (exact) mass is 190 g/mol. The van der Waals surface area contributed by atoms with Gasteiger partial charge in [-0.25, -0.2) is 9.66 Å². The molecule has 72 valence electrons. The molecule has 0 bridgehead atoms. The van der Waals surface area contributed by atoms with Gasteiger partial charge >= 0.3 is 0 Å². The number of hydrogen-bond donors (Lipinski definition) is 1. The number of hydrogen-bond acceptors (Lipinski definition) is 3. The molecule has 0 saturated heterocycles. The summed E-state index contributed by atoms with van der Waals surface area (Å²) in [5, 5.41) is 0.559. The van der Waals surface area contributed by atoms with E-state index in [1.54, 1.807) is 25.2 Å². The Bertz CT molecular complexity index is 550. The second kappa shape index (κ2) is 3.14. The minimum Gasteiger partial charge on any atom is -0.325 e. The molecule has 0 radical (unpaired) electrons. The van der Waals surface area contributed by atoms with Crippen molar-refractivity contribution in [2.24, 2.45) is 0 Å². The lowest BCUT2D eigenvalue weighted by atomic mass is 10.2. The molecule has 1 aromatic carbocycles. The van der Waals surface area contributed by atoms with E-state index in [4.69, 9.17) is 1.37 Å². The van der Waals surface area contributed by atoms with Crippen LogP contribution in [0, 0.1) is 6.90 Å². The first-order chi connectivity index (χ1) is 7.27. The van der Waals surface area contributed by atoms with Crippen LogP contribution in [0.2, 0.25) is 0 Å². The molecular formula is C10H11N3O. The Hall–Kier alpha value is -1.84. The summed E-state index contributed by atoms with van der Waals surface area (Å²) in [4.78, 5) is 16.2. The maximum absolute atomic E-state index is 11.9. The maximum atomic E-state index is 11.9. The van der Waals surface area contributed by atoms with Gasteiger partial charge in [0.15, 0.2) is 0 Å². The molecule has 0 aliphatic rings. The molecule has 14 heavy (non-hydrogen) atoms. The van der Waals surface area contributed by atoms with Crippen molar-refractivity contribution in [1.29, 1.82) is 0 Å². The van der Waals surface area contributed by atoms with Crippen molar-refractivity contribution >= 4 is 10.9 Å². The van der Waals surface area contributed by atoms with Crippen LogP contribution in [0.1, 0.15) is 7.20 Å². The van der Waals surface area contributed by atoms with E-state index in [0.717, 1.165) is 0 Å². The molecule has 0 amide bonds. The summed E-state index contributed by atoms with van der Waals surface area (Å²) in [6.45, 7) is -0.0269. The summed E-state index contributed by atoms with van der Waals surface area (Å²) in [5.41, 5.74) is 3.20. The smallest absolute Gasteiger partial charge is 0.279 e. The fourth-order valence-electron chi connectivity index (χ4n) is 1.41. The Kier molecular flexibility index (Phi) is 1.69. The lowest BCUT2D eigenvalue weighted by molar-refractivity contribution is 0.805. The molecule has 4 heteroatoms. The van der Waals surface area contributed by atoms with Crippen molar-refractivity contribution in [3.8, 4) is 0 Å². The normalized spacial score (nSPS) is 11.4. The van der Waals surface area contributed by atoms with Crippen molar-refractivity contribution < 1.29 is 1.37 Å². The zero-order valence-corrected chi connectivity index (χ0v) is 7.82. The van der Waals surface area contributed by atoms with Gasteiger partial charge in [-0.15, -0.1) is 0 Å². The van der Waals surface area contributed by atoms with Crippen LogP contribution in [0.3, 0.4) is 0 Å². The number of nitrogens with one attached hydrogen (secondary N) is 1. The van der Waals surface area contributed by atoms with Crippen molar-refractivity contribution in [2.45, 2.75) is 6.90 Å². The van der Waals surface area contributed by atoms with Crippen LogP contribution in [-0.4, -0.2) is 16.7 Å². The number of para-hydroxylation sites is 1. The Morgan fingerprint density at radius 2 is 2.29 bits per heavy atom. The quantitative estimate of drug-likeness (QED) is 0.726. The van der Waals surface area contributed by atoms with Crippen LogP contribution in [0.5, 0.6) is 0 Å². The lowest BCUT2D eigenvalue weighted by Crippen LogP contribution is -2.29. The molecule has 0 spiro atoms. The predicted molar refractivity (Wildman–Crippen MR) is 56.0 cm³/mol. The Balaban J connectivity index is 2.88.